The van der Waals surface area contributed by atoms with Crippen LogP contribution in [-0.4, -0.2) is 22.1 Å². The third-order valence-electron chi connectivity index (χ3n) is 3.62. The van der Waals surface area contributed by atoms with Gasteiger partial charge in [-0.15, -0.1) is 10.2 Å². The number of hydrogen-bond acceptors (Lipinski definition) is 4. The number of rotatable bonds is 4. The Hall–Kier alpha value is -1.88. The zero-order chi connectivity index (χ0) is 14.7. The fourth-order valence-electron chi connectivity index (χ4n) is 2.51. The molecule has 3 rings (SSSR count). The molecule has 0 atom stereocenters. The molecular formula is C15H16ClN3O2. The van der Waals surface area contributed by atoms with Crippen molar-refractivity contribution in [3.05, 3.63) is 46.6 Å². The average Bonchev–Trinajstić information content (AvgIpc) is 3.13. The van der Waals surface area contributed by atoms with E-state index in [1.807, 2.05) is 12.1 Å². The molecule has 1 heterocycles. The Morgan fingerprint density at radius 1 is 1.24 bits per heavy atom. The van der Waals surface area contributed by atoms with Crippen LogP contribution < -0.4 is 5.32 Å². The van der Waals surface area contributed by atoms with Crippen LogP contribution in [0.15, 0.2) is 28.7 Å². The van der Waals surface area contributed by atoms with E-state index in [1.165, 1.54) is 0 Å². The number of nitrogens with zero attached hydrogens (tertiary/aromatic N) is 2. The smallest absolute Gasteiger partial charge is 0.309 e. The Kier molecular flexibility index (Phi) is 4.20. The molecule has 1 aliphatic carbocycles. The summed E-state index contributed by atoms with van der Waals surface area (Å²) in [6.07, 6.45) is 4.86. The van der Waals surface area contributed by atoms with Crippen molar-refractivity contribution in [1.29, 1.82) is 0 Å². The summed E-state index contributed by atoms with van der Waals surface area (Å²) in [7, 11) is 0. The number of aromatic nitrogens is 2. The summed E-state index contributed by atoms with van der Waals surface area (Å²) >= 11 is 5.84. The summed E-state index contributed by atoms with van der Waals surface area (Å²) in [6.45, 7) is 0. The topological polar surface area (TPSA) is 68.0 Å². The van der Waals surface area contributed by atoms with Gasteiger partial charge in [0.15, 0.2) is 0 Å². The Labute approximate surface area is 127 Å². The molecular weight excluding hydrogens is 290 g/mol. The minimum absolute atomic E-state index is 0.0332. The number of nitrogens with one attached hydrogen (secondary N) is 1. The highest BCUT2D eigenvalue weighted by molar-refractivity contribution is 6.30. The summed E-state index contributed by atoms with van der Waals surface area (Å²) < 4.78 is 5.42. The Balaban J connectivity index is 1.62. The van der Waals surface area contributed by atoms with Crippen molar-refractivity contribution in [3.8, 4) is 0 Å². The maximum absolute atomic E-state index is 12.0. The standard InChI is InChI=1S/C15H16ClN3O2/c16-11-7-5-10(6-8-11)9-13-18-19-15(21-13)14(20)17-12-3-1-2-4-12/h5-8,12H,1-4,9H2,(H,17,20). The first-order valence-corrected chi connectivity index (χ1v) is 7.46. The highest BCUT2D eigenvalue weighted by Gasteiger charge is 2.21. The van der Waals surface area contributed by atoms with E-state index < -0.39 is 0 Å². The Morgan fingerprint density at radius 2 is 1.95 bits per heavy atom. The monoisotopic (exact) mass is 305 g/mol. The zero-order valence-electron chi connectivity index (χ0n) is 11.5. The van der Waals surface area contributed by atoms with Crippen molar-refractivity contribution in [3.63, 3.8) is 0 Å². The highest BCUT2D eigenvalue weighted by atomic mass is 35.5. The van der Waals surface area contributed by atoms with E-state index in [-0.39, 0.29) is 17.8 Å². The van der Waals surface area contributed by atoms with Crippen LogP contribution in [0.4, 0.5) is 0 Å². The van der Waals surface area contributed by atoms with E-state index >= 15 is 0 Å². The SMILES string of the molecule is O=C(NC1CCCC1)c1nnc(Cc2ccc(Cl)cc2)o1. The second-order valence-corrected chi connectivity index (χ2v) is 5.70. The predicted molar refractivity (Wildman–Crippen MR) is 78.3 cm³/mol. The lowest BCUT2D eigenvalue weighted by Gasteiger charge is -2.08. The lowest BCUT2D eigenvalue weighted by Crippen LogP contribution is -2.32. The van der Waals surface area contributed by atoms with Gasteiger partial charge < -0.3 is 9.73 Å². The number of benzene rings is 1. The van der Waals surface area contributed by atoms with Gasteiger partial charge in [-0.1, -0.05) is 36.6 Å². The lowest BCUT2D eigenvalue weighted by atomic mass is 10.1. The number of halogens is 1. The molecule has 5 nitrogen and oxygen atoms in total. The van der Waals surface area contributed by atoms with Crippen LogP contribution in [0.1, 0.15) is 47.8 Å². The number of carbonyl (C=O) groups is 1. The normalized spacial score (nSPS) is 15.3. The zero-order valence-corrected chi connectivity index (χ0v) is 12.3. The van der Waals surface area contributed by atoms with E-state index in [2.05, 4.69) is 15.5 Å². The predicted octanol–water partition coefficient (Wildman–Crippen LogP) is 2.99. The fourth-order valence-corrected chi connectivity index (χ4v) is 2.64. The van der Waals surface area contributed by atoms with Crippen molar-refractivity contribution in [2.45, 2.75) is 38.1 Å². The number of hydrogen-bond donors (Lipinski definition) is 1. The second-order valence-electron chi connectivity index (χ2n) is 5.26. The maximum Gasteiger partial charge on any atom is 0.309 e. The van der Waals surface area contributed by atoms with Crippen molar-refractivity contribution in [2.75, 3.05) is 0 Å². The van der Waals surface area contributed by atoms with Gasteiger partial charge in [0.1, 0.15) is 0 Å². The van der Waals surface area contributed by atoms with Gasteiger partial charge in [-0.2, -0.15) is 0 Å². The van der Waals surface area contributed by atoms with Gasteiger partial charge in [-0.05, 0) is 30.5 Å². The quantitative estimate of drug-likeness (QED) is 0.943. The summed E-state index contributed by atoms with van der Waals surface area (Å²) in [5.74, 6) is 0.177. The summed E-state index contributed by atoms with van der Waals surface area (Å²) in [4.78, 5) is 12.0. The molecule has 0 aliphatic heterocycles. The first-order chi connectivity index (χ1) is 10.2. The first-order valence-electron chi connectivity index (χ1n) is 7.08. The average molecular weight is 306 g/mol. The van der Waals surface area contributed by atoms with Crippen LogP contribution in [-0.2, 0) is 6.42 Å². The van der Waals surface area contributed by atoms with E-state index in [4.69, 9.17) is 16.0 Å². The maximum atomic E-state index is 12.0. The van der Waals surface area contributed by atoms with Gasteiger partial charge >= 0.3 is 11.8 Å². The molecule has 21 heavy (non-hydrogen) atoms. The van der Waals surface area contributed by atoms with Gasteiger partial charge in [0, 0.05) is 11.1 Å². The molecule has 1 saturated carbocycles. The number of amides is 1. The van der Waals surface area contributed by atoms with Crippen LogP contribution >= 0.6 is 11.6 Å². The molecule has 6 heteroatoms. The summed E-state index contributed by atoms with van der Waals surface area (Å²) in [5, 5.41) is 11.3. The minimum atomic E-state index is -0.281. The molecule has 0 radical (unpaired) electrons. The van der Waals surface area contributed by atoms with E-state index in [1.54, 1.807) is 12.1 Å². The van der Waals surface area contributed by atoms with Gasteiger partial charge in [-0.3, -0.25) is 4.79 Å². The number of carbonyl (C=O) groups excluding carboxylic acids is 1. The van der Waals surface area contributed by atoms with Gasteiger partial charge in [0.2, 0.25) is 5.89 Å². The van der Waals surface area contributed by atoms with Crippen molar-refractivity contribution in [2.24, 2.45) is 0 Å². The summed E-state index contributed by atoms with van der Waals surface area (Å²) in [6, 6.07) is 7.64. The molecule has 1 amide bonds. The van der Waals surface area contributed by atoms with Crippen molar-refractivity contribution >= 4 is 17.5 Å². The van der Waals surface area contributed by atoms with Crippen LogP contribution in [0.25, 0.3) is 0 Å². The highest BCUT2D eigenvalue weighted by Crippen LogP contribution is 2.18. The molecule has 1 N–H and O–H groups in total. The van der Waals surface area contributed by atoms with Crippen LogP contribution in [0.2, 0.25) is 5.02 Å². The van der Waals surface area contributed by atoms with Gasteiger partial charge in [-0.25, -0.2) is 0 Å². The molecule has 0 bridgehead atoms. The molecule has 1 aromatic heterocycles. The van der Waals surface area contributed by atoms with Crippen LogP contribution in [0.5, 0.6) is 0 Å². The molecule has 110 valence electrons. The first kappa shape index (κ1) is 14.1. The Morgan fingerprint density at radius 3 is 2.67 bits per heavy atom. The summed E-state index contributed by atoms with van der Waals surface area (Å²) in [5.41, 5.74) is 1.01. The lowest BCUT2D eigenvalue weighted by molar-refractivity contribution is 0.0901. The molecule has 1 aliphatic rings. The third kappa shape index (κ3) is 3.61. The van der Waals surface area contributed by atoms with Crippen molar-refractivity contribution in [1.82, 2.24) is 15.5 Å². The molecule has 2 aromatic rings. The van der Waals surface area contributed by atoms with Gasteiger partial charge in [0.05, 0.1) is 6.42 Å². The van der Waals surface area contributed by atoms with Gasteiger partial charge in [0.25, 0.3) is 0 Å². The molecule has 0 unspecified atom stereocenters. The van der Waals surface area contributed by atoms with Crippen molar-refractivity contribution < 1.29 is 9.21 Å². The molecule has 0 spiro atoms. The minimum Gasteiger partial charge on any atom is -0.417 e. The molecule has 1 fully saturated rings. The molecule has 0 saturated heterocycles. The van der Waals surface area contributed by atoms with E-state index in [0.717, 1.165) is 31.2 Å². The second kappa shape index (κ2) is 6.26. The molecule has 1 aromatic carbocycles. The third-order valence-corrected chi connectivity index (χ3v) is 3.87. The van der Waals surface area contributed by atoms with Crippen LogP contribution in [0, 0.1) is 0 Å². The van der Waals surface area contributed by atoms with Crippen LogP contribution in [0.3, 0.4) is 0 Å². The van der Waals surface area contributed by atoms with E-state index in [9.17, 15) is 4.79 Å². The largest absolute Gasteiger partial charge is 0.417 e. The Bertz CT molecular complexity index is 618. The fraction of sp³-hybridized carbons (Fsp3) is 0.400. The van der Waals surface area contributed by atoms with E-state index in [0.29, 0.717) is 17.3 Å².